The molecule has 35 heavy (non-hydrogen) atoms. The summed E-state index contributed by atoms with van der Waals surface area (Å²) in [5.41, 5.74) is 1.75. The van der Waals surface area contributed by atoms with Crippen molar-refractivity contribution in [1.82, 2.24) is 29.5 Å². The fourth-order valence-corrected chi connectivity index (χ4v) is 4.55. The predicted octanol–water partition coefficient (Wildman–Crippen LogP) is 4.27. The van der Waals surface area contributed by atoms with Crippen molar-refractivity contribution in [3.05, 3.63) is 85.9 Å². The highest BCUT2D eigenvalue weighted by atomic mass is 35.5. The first-order valence-corrected chi connectivity index (χ1v) is 12.3. The molecule has 0 amide bonds. The summed E-state index contributed by atoms with van der Waals surface area (Å²) in [6.45, 7) is 3.80. The van der Waals surface area contributed by atoms with Crippen molar-refractivity contribution in [3.8, 4) is 5.69 Å². The summed E-state index contributed by atoms with van der Waals surface area (Å²) >= 11 is 7.73. The van der Waals surface area contributed by atoms with E-state index < -0.39 is 6.04 Å². The van der Waals surface area contributed by atoms with Crippen LogP contribution in [0.3, 0.4) is 0 Å². The summed E-state index contributed by atoms with van der Waals surface area (Å²) in [5.74, 6) is 0.741. The Labute approximate surface area is 208 Å². The zero-order chi connectivity index (χ0) is 24.7. The number of aromatic nitrogens is 6. The molecule has 0 saturated carbocycles. The van der Waals surface area contributed by atoms with Gasteiger partial charge < -0.3 is 10.3 Å². The highest BCUT2D eigenvalue weighted by Gasteiger charge is 2.22. The van der Waals surface area contributed by atoms with Crippen LogP contribution in [0.4, 0.5) is 5.82 Å². The van der Waals surface area contributed by atoms with Gasteiger partial charge in [-0.25, -0.2) is 19.9 Å². The molecular formula is C24H20ClN7O2S. The van der Waals surface area contributed by atoms with Gasteiger partial charge in [-0.15, -0.1) is 0 Å². The van der Waals surface area contributed by atoms with Crippen molar-refractivity contribution in [2.45, 2.75) is 25.0 Å². The summed E-state index contributed by atoms with van der Waals surface area (Å²) in [4.78, 5) is 46.7. The topological polar surface area (TPSA) is 118 Å². The average molecular weight is 506 g/mol. The Balaban J connectivity index is 1.74. The first-order chi connectivity index (χ1) is 16.9. The van der Waals surface area contributed by atoms with E-state index >= 15 is 0 Å². The van der Waals surface area contributed by atoms with E-state index in [1.165, 1.54) is 18.1 Å². The number of anilines is 1. The molecule has 176 valence electrons. The number of aryl methyl sites for hydroxylation is 1. The van der Waals surface area contributed by atoms with E-state index in [1.807, 2.05) is 44.4 Å². The lowest BCUT2D eigenvalue weighted by atomic mass is 10.1. The molecule has 0 aliphatic heterocycles. The average Bonchev–Trinajstić information content (AvgIpc) is 2.83. The summed E-state index contributed by atoms with van der Waals surface area (Å²) in [7, 11) is 0. The van der Waals surface area contributed by atoms with Crippen LogP contribution in [0.15, 0.2) is 63.5 Å². The smallest absolute Gasteiger partial charge is 0.267 e. The number of thioether (sulfide) groups is 1. The second-order valence-electron chi connectivity index (χ2n) is 7.94. The molecule has 0 saturated heterocycles. The van der Waals surface area contributed by atoms with Crippen LogP contribution >= 0.6 is 23.4 Å². The summed E-state index contributed by atoms with van der Waals surface area (Å²) in [6.07, 6.45) is 3.14. The molecule has 3 heterocycles. The molecule has 5 aromatic rings. The van der Waals surface area contributed by atoms with E-state index in [0.717, 1.165) is 5.56 Å². The third-order valence-electron chi connectivity index (χ3n) is 5.53. The monoisotopic (exact) mass is 505 g/mol. The number of H-pyrrole nitrogens is 1. The molecule has 0 aliphatic rings. The maximum atomic E-state index is 13.7. The molecular weight excluding hydrogens is 486 g/mol. The van der Waals surface area contributed by atoms with Gasteiger partial charge in [0.1, 0.15) is 17.0 Å². The summed E-state index contributed by atoms with van der Waals surface area (Å²) in [5, 5.41) is 4.62. The fraction of sp³-hybridized carbons (Fsp3) is 0.167. The molecule has 2 N–H and O–H groups in total. The zero-order valence-corrected chi connectivity index (χ0v) is 20.6. The Morgan fingerprint density at radius 2 is 1.89 bits per heavy atom. The van der Waals surface area contributed by atoms with Crippen LogP contribution in [0.25, 0.3) is 27.6 Å². The third-order valence-corrected chi connectivity index (χ3v) is 6.40. The molecule has 0 aliphatic carbocycles. The molecule has 0 radical (unpaired) electrons. The Morgan fingerprint density at radius 1 is 1.09 bits per heavy atom. The van der Waals surface area contributed by atoms with Gasteiger partial charge in [0, 0.05) is 0 Å². The van der Waals surface area contributed by atoms with Crippen LogP contribution in [-0.2, 0) is 0 Å². The van der Waals surface area contributed by atoms with Crippen LogP contribution in [-0.4, -0.2) is 35.7 Å². The second kappa shape index (κ2) is 9.12. The van der Waals surface area contributed by atoms with E-state index in [1.54, 1.807) is 22.8 Å². The normalized spacial score (nSPS) is 12.2. The van der Waals surface area contributed by atoms with E-state index in [-0.39, 0.29) is 22.2 Å². The Morgan fingerprint density at radius 3 is 2.66 bits per heavy atom. The molecule has 2 aromatic carbocycles. The third kappa shape index (κ3) is 4.15. The van der Waals surface area contributed by atoms with Crippen LogP contribution in [0.2, 0.25) is 5.02 Å². The van der Waals surface area contributed by atoms with Gasteiger partial charge in [0.15, 0.2) is 10.8 Å². The van der Waals surface area contributed by atoms with Crippen LogP contribution in [0.5, 0.6) is 0 Å². The summed E-state index contributed by atoms with van der Waals surface area (Å²) < 4.78 is 1.54. The van der Waals surface area contributed by atoms with Crippen molar-refractivity contribution < 1.29 is 0 Å². The lowest BCUT2D eigenvalue weighted by Crippen LogP contribution is -2.28. The number of nitrogens with zero attached hydrogens (tertiary/aromatic N) is 5. The van der Waals surface area contributed by atoms with Gasteiger partial charge in [-0.2, -0.15) is 0 Å². The first kappa shape index (κ1) is 23.0. The maximum absolute atomic E-state index is 13.7. The van der Waals surface area contributed by atoms with Gasteiger partial charge in [-0.3, -0.25) is 14.2 Å². The fourth-order valence-electron chi connectivity index (χ4n) is 3.93. The Hall–Kier alpha value is -3.76. The molecule has 3 aromatic heterocycles. The van der Waals surface area contributed by atoms with Crippen LogP contribution < -0.4 is 16.4 Å². The number of benzene rings is 2. The maximum Gasteiger partial charge on any atom is 0.267 e. The molecule has 11 heteroatoms. The number of hydrogen-bond donors (Lipinski definition) is 2. The number of aromatic amines is 1. The number of nitrogens with one attached hydrogen (secondary N) is 2. The number of hydrogen-bond acceptors (Lipinski definition) is 8. The lowest BCUT2D eigenvalue weighted by Gasteiger charge is -2.21. The highest BCUT2D eigenvalue weighted by molar-refractivity contribution is 7.98. The van der Waals surface area contributed by atoms with Crippen molar-refractivity contribution in [2.75, 3.05) is 11.6 Å². The number of fused-ring (bicyclic) bond motifs is 2. The van der Waals surface area contributed by atoms with Gasteiger partial charge in [0.25, 0.3) is 11.1 Å². The van der Waals surface area contributed by atoms with Crippen molar-refractivity contribution in [2.24, 2.45) is 0 Å². The van der Waals surface area contributed by atoms with Crippen LogP contribution in [0, 0.1) is 6.92 Å². The van der Waals surface area contributed by atoms with Crippen molar-refractivity contribution >= 4 is 51.1 Å². The quantitative estimate of drug-likeness (QED) is 0.268. The standard InChI is InChI=1S/C24H20ClN7O2S/c1-12-6-4-7-14(10-12)32-21(29-16-9-5-8-15(25)17(16)23(32)34)13(2)28-20-18-19(26-11-27-22(18)33)30-24(31-20)35-3/h4-11,13H,1-3H3,(H2,26,27,28,30,31,33). The molecule has 1 unspecified atom stereocenters. The number of rotatable bonds is 5. The van der Waals surface area contributed by atoms with Gasteiger partial charge in [-0.1, -0.05) is 41.6 Å². The van der Waals surface area contributed by atoms with Gasteiger partial charge >= 0.3 is 0 Å². The van der Waals surface area contributed by atoms with Crippen molar-refractivity contribution in [3.63, 3.8) is 0 Å². The first-order valence-electron chi connectivity index (χ1n) is 10.7. The molecule has 0 fully saturated rings. The predicted molar refractivity (Wildman–Crippen MR) is 139 cm³/mol. The molecule has 0 spiro atoms. The lowest BCUT2D eigenvalue weighted by molar-refractivity contribution is 0.729. The molecule has 1 atom stereocenters. The van der Waals surface area contributed by atoms with Gasteiger partial charge in [-0.05, 0) is 49.9 Å². The minimum absolute atomic E-state index is 0.227. The number of halogens is 1. The molecule has 9 nitrogen and oxygen atoms in total. The van der Waals surface area contributed by atoms with Crippen LogP contribution in [0.1, 0.15) is 24.4 Å². The zero-order valence-electron chi connectivity index (χ0n) is 19.0. The van der Waals surface area contributed by atoms with E-state index in [2.05, 4.69) is 25.3 Å². The largest absolute Gasteiger partial charge is 0.360 e. The SMILES string of the molecule is CSc1nc(NC(C)c2nc3cccc(Cl)c3c(=O)n2-c2cccc(C)c2)c2c(=O)[nH]cnc2n1. The van der Waals surface area contributed by atoms with E-state index in [9.17, 15) is 9.59 Å². The Kier molecular flexibility index (Phi) is 6.00. The minimum atomic E-state index is -0.529. The second-order valence-corrected chi connectivity index (χ2v) is 9.12. The van der Waals surface area contributed by atoms with E-state index in [0.29, 0.717) is 38.4 Å². The van der Waals surface area contributed by atoms with E-state index in [4.69, 9.17) is 16.6 Å². The van der Waals surface area contributed by atoms with Crippen molar-refractivity contribution in [1.29, 1.82) is 0 Å². The highest BCUT2D eigenvalue weighted by Crippen LogP contribution is 2.27. The van der Waals surface area contributed by atoms with Gasteiger partial charge in [0.05, 0.1) is 34.0 Å². The molecule has 0 bridgehead atoms. The van der Waals surface area contributed by atoms with Gasteiger partial charge in [0.2, 0.25) is 0 Å². The minimum Gasteiger partial charge on any atom is -0.360 e. The summed E-state index contributed by atoms with van der Waals surface area (Å²) in [6, 6.07) is 12.2. The Bertz CT molecular complexity index is 1720. The molecule has 5 rings (SSSR count).